The average molecular weight is 430 g/mol. The van der Waals surface area contributed by atoms with Gasteiger partial charge in [-0.05, 0) is 18.2 Å². The van der Waals surface area contributed by atoms with Crippen molar-refractivity contribution in [2.45, 2.75) is 4.34 Å². The molecule has 144 valence electrons. The SMILES string of the molecule is O=C(CSc1nc(-c2ccccc2)cs1)N1CCN(c2cccc(Cl)c2)CC1. The number of carbonyl (C=O) groups is 1. The van der Waals surface area contributed by atoms with Gasteiger partial charge in [0.05, 0.1) is 11.4 Å². The molecular formula is C21H20ClN3OS2. The molecule has 3 aromatic rings. The second kappa shape index (κ2) is 8.99. The first-order valence-electron chi connectivity index (χ1n) is 9.11. The maximum Gasteiger partial charge on any atom is 0.233 e. The van der Waals surface area contributed by atoms with Crippen LogP contribution >= 0.6 is 34.7 Å². The number of hydrogen-bond donors (Lipinski definition) is 0. The van der Waals surface area contributed by atoms with Gasteiger partial charge in [0.25, 0.3) is 0 Å². The zero-order valence-electron chi connectivity index (χ0n) is 15.3. The molecule has 1 fully saturated rings. The summed E-state index contributed by atoms with van der Waals surface area (Å²) in [5, 5.41) is 2.79. The molecule has 28 heavy (non-hydrogen) atoms. The lowest BCUT2D eigenvalue weighted by Crippen LogP contribution is -2.49. The molecule has 2 aromatic carbocycles. The van der Waals surface area contributed by atoms with E-state index < -0.39 is 0 Å². The number of thiazole rings is 1. The van der Waals surface area contributed by atoms with Gasteiger partial charge in [-0.25, -0.2) is 4.98 Å². The molecule has 0 unspecified atom stereocenters. The van der Waals surface area contributed by atoms with Crippen LogP contribution in [0.3, 0.4) is 0 Å². The maximum atomic E-state index is 12.6. The smallest absolute Gasteiger partial charge is 0.233 e. The Kier molecular flexibility index (Phi) is 6.20. The minimum atomic E-state index is 0.173. The van der Waals surface area contributed by atoms with Crippen molar-refractivity contribution in [3.8, 4) is 11.3 Å². The fraction of sp³-hybridized carbons (Fsp3) is 0.238. The minimum Gasteiger partial charge on any atom is -0.368 e. The van der Waals surface area contributed by atoms with Gasteiger partial charge < -0.3 is 9.80 Å². The van der Waals surface area contributed by atoms with E-state index in [2.05, 4.69) is 16.0 Å². The summed E-state index contributed by atoms with van der Waals surface area (Å²) in [6.45, 7) is 3.12. The van der Waals surface area contributed by atoms with Gasteiger partial charge >= 0.3 is 0 Å². The molecule has 1 saturated heterocycles. The number of piperazine rings is 1. The molecule has 0 aliphatic carbocycles. The van der Waals surface area contributed by atoms with Crippen molar-refractivity contribution in [1.82, 2.24) is 9.88 Å². The highest BCUT2D eigenvalue weighted by Gasteiger charge is 2.21. The summed E-state index contributed by atoms with van der Waals surface area (Å²) in [5.74, 6) is 0.603. The lowest BCUT2D eigenvalue weighted by atomic mass is 10.2. The highest BCUT2D eigenvalue weighted by atomic mass is 35.5. The van der Waals surface area contributed by atoms with Gasteiger partial charge in [0, 0.05) is 47.8 Å². The van der Waals surface area contributed by atoms with Crippen LogP contribution in [0.1, 0.15) is 0 Å². The molecule has 4 nitrogen and oxygen atoms in total. The van der Waals surface area contributed by atoms with Crippen molar-refractivity contribution >= 4 is 46.3 Å². The number of anilines is 1. The van der Waals surface area contributed by atoms with Crippen molar-refractivity contribution in [3.63, 3.8) is 0 Å². The number of carbonyl (C=O) groups excluding carboxylic acids is 1. The Bertz CT molecular complexity index is 940. The van der Waals surface area contributed by atoms with Gasteiger partial charge in [-0.3, -0.25) is 4.79 Å². The number of hydrogen-bond acceptors (Lipinski definition) is 5. The number of benzene rings is 2. The van der Waals surface area contributed by atoms with Crippen molar-refractivity contribution in [3.05, 3.63) is 65.0 Å². The van der Waals surface area contributed by atoms with E-state index in [4.69, 9.17) is 11.6 Å². The fourth-order valence-electron chi connectivity index (χ4n) is 3.17. The summed E-state index contributed by atoms with van der Waals surface area (Å²) in [6.07, 6.45) is 0. The van der Waals surface area contributed by atoms with Gasteiger partial charge in [-0.2, -0.15) is 0 Å². The molecule has 0 bridgehead atoms. The highest BCUT2D eigenvalue weighted by molar-refractivity contribution is 8.01. The average Bonchev–Trinajstić information content (AvgIpc) is 3.22. The Hall–Kier alpha value is -2.02. The quantitative estimate of drug-likeness (QED) is 0.540. The molecule has 1 aliphatic rings. The Morgan fingerprint density at radius 3 is 2.61 bits per heavy atom. The van der Waals surface area contributed by atoms with E-state index in [0.29, 0.717) is 5.75 Å². The summed E-state index contributed by atoms with van der Waals surface area (Å²) < 4.78 is 0.935. The molecule has 0 atom stereocenters. The van der Waals surface area contributed by atoms with Crippen LogP contribution in [0.25, 0.3) is 11.3 Å². The second-order valence-corrected chi connectivity index (χ2v) is 9.02. The molecule has 0 N–H and O–H groups in total. The van der Waals surface area contributed by atoms with E-state index in [-0.39, 0.29) is 5.91 Å². The molecule has 1 aromatic heterocycles. The van der Waals surface area contributed by atoms with Crippen LogP contribution in [0.2, 0.25) is 5.02 Å². The van der Waals surface area contributed by atoms with E-state index in [1.807, 2.05) is 58.8 Å². The van der Waals surface area contributed by atoms with E-state index >= 15 is 0 Å². The third-order valence-corrected chi connectivity index (χ3v) is 6.92. The fourth-order valence-corrected chi connectivity index (χ4v) is 5.09. The molecule has 1 amide bonds. The van der Waals surface area contributed by atoms with Crippen LogP contribution in [0.15, 0.2) is 64.3 Å². The summed E-state index contributed by atoms with van der Waals surface area (Å²) >= 11 is 9.20. The monoisotopic (exact) mass is 429 g/mol. The van der Waals surface area contributed by atoms with Crippen molar-refractivity contribution in [2.75, 3.05) is 36.8 Å². The number of amides is 1. The number of thioether (sulfide) groups is 1. The van der Waals surface area contributed by atoms with Gasteiger partial charge in [-0.1, -0.05) is 59.8 Å². The standard InChI is InChI=1S/C21H20ClN3OS2/c22-17-7-4-8-18(13-17)24-9-11-25(12-10-24)20(26)15-28-21-23-19(14-27-21)16-5-2-1-3-6-16/h1-8,13-14H,9-12,15H2. The Morgan fingerprint density at radius 1 is 1.07 bits per heavy atom. The van der Waals surface area contributed by atoms with Gasteiger partial charge in [0.1, 0.15) is 0 Å². The van der Waals surface area contributed by atoms with Gasteiger partial charge in [-0.15, -0.1) is 11.3 Å². The lowest BCUT2D eigenvalue weighted by Gasteiger charge is -2.36. The van der Waals surface area contributed by atoms with Crippen LogP contribution in [0.5, 0.6) is 0 Å². The van der Waals surface area contributed by atoms with E-state index in [0.717, 1.165) is 52.5 Å². The number of nitrogens with zero attached hydrogens (tertiary/aromatic N) is 3. The molecule has 4 rings (SSSR count). The Labute approximate surface area is 178 Å². The zero-order chi connectivity index (χ0) is 19.3. The van der Waals surface area contributed by atoms with Crippen LogP contribution in [-0.4, -0.2) is 47.7 Å². The zero-order valence-corrected chi connectivity index (χ0v) is 17.6. The van der Waals surface area contributed by atoms with Crippen LogP contribution < -0.4 is 4.90 Å². The predicted molar refractivity (Wildman–Crippen MR) is 119 cm³/mol. The van der Waals surface area contributed by atoms with Crippen molar-refractivity contribution in [1.29, 1.82) is 0 Å². The van der Waals surface area contributed by atoms with E-state index in [9.17, 15) is 4.79 Å². The highest BCUT2D eigenvalue weighted by Crippen LogP contribution is 2.28. The molecular weight excluding hydrogens is 410 g/mol. The summed E-state index contributed by atoms with van der Waals surface area (Å²) in [5.41, 5.74) is 3.19. The molecule has 2 heterocycles. The van der Waals surface area contributed by atoms with Crippen LogP contribution in [0.4, 0.5) is 5.69 Å². The van der Waals surface area contributed by atoms with Crippen LogP contribution in [0, 0.1) is 0 Å². The topological polar surface area (TPSA) is 36.4 Å². The van der Waals surface area contributed by atoms with E-state index in [1.54, 1.807) is 11.3 Å². The number of aromatic nitrogens is 1. The number of rotatable bonds is 5. The lowest BCUT2D eigenvalue weighted by molar-refractivity contribution is -0.128. The predicted octanol–water partition coefficient (Wildman–Crippen LogP) is 4.90. The summed E-state index contributed by atoms with van der Waals surface area (Å²) in [4.78, 5) is 21.5. The Balaban J connectivity index is 1.28. The second-order valence-electron chi connectivity index (χ2n) is 6.50. The molecule has 7 heteroatoms. The first-order valence-corrected chi connectivity index (χ1v) is 11.4. The first kappa shape index (κ1) is 19.3. The van der Waals surface area contributed by atoms with Gasteiger partial charge in [0.15, 0.2) is 4.34 Å². The normalized spacial score (nSPS) is 14.3. The van der Waals surface area contributed by atoms with E-state index in [1.165, 1.54) is 11.8 Å². The maximum absolute atomic E-state index is 12.6. The third-order valence-electron chi connectivity index (χ3n) is 4.68. The minimum absolute atomic E-state index is 0.173. The first-order chi connectivity index (χ1) is 13.7. The number of halogens is 1. The summed E-state index contributed by atoms with van der Waals surface area (Å²) in [6, 6.07) is 18.0. The van der Waals surface area contributed by atoms with Crippen molar-refractivity contribution in [2.24, 2.45) is 0 Å². The third kappa shape index (κ3) is 4.69. The summed E-state index contributed by atoms with van der Waals surface area (Å²) in [7, 11) is 0. The van der Waals surface area contributed by atoms with Crippen LogP contribution in [-0.2, 0) is 4.79 Å². The molecule has 0 radical (unpaired) electrons. The molecule has 1 aliphatic heterocycles. The molecule has 0 spiro atoms. The molecule has 0 saturated carbocycles. The largest absolute Gasteiger partial charge is 0.368 e. The Morgan fingerprint density at radius 2 is 1.86 bits per heavy atom. The van der Waals surface area contributed by atoms with Crippen molar-refractivity contribution < 1.29 is 4.79 Å². The van der Waals surface area contributed by atoms with Gasteiger partial charge in [0.2, 0.25) is 5.91 Å².